The van der Waals surface area contributed by atoms with Crippen LogP contribution >= 0.6 is 11.3 Å². The molecule has 0 saturated heterocycles. The first-order chi connectivity index (χ1) is 21.5. The van der Waals surface area contributed by atoms with Gasteiger partial charge in [-0.15, -0.1) is 11.3 Å². The van der Waals surface area contributed by atoms with Crippen LogP contribution < -0.4 is 0 Å². The number of aryl methyl sites for hydroxylation is 1. The van der Waals surface area contributed by atoms with Gasteiger partial charge in [-0.1, -0.05) is 78.9 Å². The van der Waals surface area contributed by atoms with Gasteiger partial charge in [0.05, 0.1) is 10.7 Å². The Balaban J connectivity index is 1.34. The van der Waals surface area contributed by atoms with Crippen LogP contribution in [-0.4, -0.2) is 49.2 Å². The van der Waals surface area contributed by atoms with Crippen molar-refractivity contribution in [1.29, 1.82) is 0 Å². The number of fused-ring (bicyclic) bond motifs is 1. The van der Waals surface area contributed by atoms with Gasteiger partial charge in [-0.3, -0.25) is 9.59 Å². The number of hydrogen-bond donors (Lipinski definition) is 0. The topological polar surface area (TPSA) is 79.3 Å². The lowest BCUT2D eigenvalue weighted by Crippen LogP contribution is -2.52. The summed E-state index contributed by atoms with van der Waals surface area (Å²) in [6.07, 6.45) is 7.90. The fourth-order valence-corrected chi connectivity index (χ4v) is 6.10. The fraction of sp³-hybridized carbons (Fsp3) is 0.194. The van der Waals surface area contributed by atoms with Crippen LogP contribution in [0.2, 0.25) is 0 Å². The first-order valence-corrected chi connectivity index (χ1v) is 15.6. The monoisotopic (exact) mass is 599 g/mol. The molecule has 7 nitrogen and oxygen atoms in total. The van der Waals surface area contributed by atoms with Crippen LogP contribution in [0.4, 0.5) is 0 Å². The summed E-state index contributed by atoms with van der Waals surface area (Å²) >= 11 is 1.53. The standard InChI is InChI=1S/C36H33N5O2S/c1-26-39-32(25-44-26)16-17-34(42)41(23-28-12-14-30(15-13-28)35-37-19-7-20-38-35)33(22-27-8-3-2-4-9-27)36(43)40-21-18-29-10-5-6-11-31(29)24-40/h2-17,19-20,25,33H,18,21-24H2,1H3/t33-/m0/s1. The Labute approximate surface area is 261 Å². The van der Waals surface area contributed by atoms with Gasteiger partial charge >= 0.3 is 0 Å². The molecule has 5 aromatic rings. The second-order valence-corrected chi connectivity index (χ2v) is 11.9. The minimum Gasteiger partial charge on any atom is -0.336 e. The molecule has 2 aromatic heterocycles. The summed E-state index contributed by atoms with van der Waals surface area (Å²) in [5, 5.41) is 2.85. The van der Waals surface area contributed by atoms with Gasteiger partial charge in [-0.2, -0.15) is 0 Å². The van der Waals surface area contributed by atoms with Gasteiger partial charge in [-0.25, -0.2) is 15.0 Å². The lowest BCUT2D eigenvalue weighted by molar-refractivity contribution is -0.144. The Hall–Kier alpha value is -4.95. The minimum absolute atomic E-state index is 0.0519. The molecule has 0 bridgehead atoms. The van der Waals surface area contributed by atoms with Crippen molar-refractivity contribution in [2.24, 2.45) is 0 Å². The molecule has 3 aromatic carbocycles. The average molecular weight is 600 g/mol. The lowest BCUT2D eigenvalue weighted by Gasteiger charge is -2.36. The predicted octanol–water partition coefficient (Wildman–Crippen LogP) is 6.15. The second kappa shape index (κ2) is 13.6. The largest absolute Gasteiger partial charge is 0.336 e. The van der Waals surface area contributed by atoms with Crippen LogP contribution in [0.1, 0.15) is 33.0 Å². The van der Waals surface area contributed by atoms with E-state index >= 15 is 0 Å². The van der Waals surface area contributed by atoms with Crippen LogP contribution in [0.25, 0.3) is 17.5 Å². The van der Waals surface area contributed by atoms with E-state index in [1.165, 1.54) is 23.0 Å². The first kappa shape index (κ1) is 29.1. The van der Waals surface area contributed by atoms with E-state index in [0.29, 0.717) is 25.3 Å². The Kier molecular flexibility index (Phi) is 8.98. The summed E-state index contributed by atoms with van der Waals surface area (Å²) in [6, 6.07) is 27.1. The highest BCUT2D eigenvalue weighted by Gasteiger charge is 2.34. The molecule has 0 unspecified atom stereocenters. The van der Waals surface area contributed by atoms with Crippen LogP contribution in [0.5, 0.6) is 0 Å². The van der Waals surface area contributed by atoms with E-state index < -0.39 is 6.04 Å². The maximum Gasteiger partial charge on any atom is 0.247 e. The van der Waals surface area contributed by atoms with Gasteiger partial charge in [0.15, 0.2) is 5.82 Å². The summed E-state index contributed by atoms with van der Waals surface area (Å²) in [4.78, 5) is 45.3. The number of rotatable bonds is 9. The molecule has 2 amide bonds. The molecule has 8 heteroatoms. The highest BCUT2D eigenvalue weighted by molar-refractivity contribution is 7.09. The highest BCUT2D eigenvalue weighted by atomic mass is 32.1. The molecule has 3 heterocycles. The van der Waals surface area contributed by atoms with Gasteiger partial charge in [-0.05, 0) is 47.7 Å². The summed E-state index contributed by atoms with van der Waals surface area (Å²) in [5.74, 6) is 0.345. The Morgan fingerprint density at radius 1 is 0.909 bits per heavy atom. The third-order valence-electron chi connectivity index (χ3n) is 7.82. The predicted molar refractivity (Wildman–Crippen MR) is 173 cm³/mol. The molecule has 1 atom stereocenters. The van der Waals surface area contributed by atoms with Crippen molar-refractivity contribution in [2.45, 2.75) is 38.9 Å². The molecule has 0 aliphatic carbocycles. The molecular formula is C36H33N5O2S. The lowest BCUT2D eigenvalue weighted by atomic mass is 9.97. The van der Waals surface area contributed by atoms with Gasteiger partial charge in [0, 0.05) is 55.5 Å². The zero-order valence-electron chi connectivity index (χ0n) is 24.5. The SMILES string of the molecule is Cc1nc(C=CC(=O)N(Cc2ccc(-c3ncccn3)cc2)[C@@H](Cc2ccccc2)C(=O)N2CCc3ccccc3C2)cs1. The normalized spacial score (nSPS) is 13.4. The number of amides is 2. The van der Waals surface area contributed by atoms with E-state index in [-0.39, 0.29) is 18.4 Å². The van der Waals surface area contributed by atoms with E-state index in [2.05, 4.69) is 27.1 Å². The number of nitrogens with zero attached hydrogens (tertiary/aromatic N) is 5. The molecule has 6 rings (SSSR count). The third-order valence-corrected chi connectivity index (χ3v) is 8.61. The van der Waals surface area contributed by atoms with Crippen LogP contribution in [0, 0.1) is 6.92 Å². The molecule has 0 radical (unpaired) electrons. The number of hydrogen-bond acceptors (Lipinski definition) is 6. The van der Waals surface area contributed by atoms with Crippen LogP contribution in [0.15, 0.2) is 109 Å². The molecular weight excluding hydrogens is 566 g/mol. The van der Waals surface area contributed by atoms with Gasteiger partial charge in [0.25, 0.3) is 0 Å². The molecule has 0 spiro atoms. The Morgan fingerprint density at radius 3 is 2.36 bits per heavy atom. The smallest absolute Gasteiger partial charge is 0.247 e. The van der Waals surface area contributed by atoms with Crippen LogP contribution in [0.3, 0.4) is 0 Å². The van der Waals surface area contributed by atoms with Crippen molar-refractivity contribution in [3.63, 3.8) is 0 Å². The van der Waals surface area contributed by atoms with Crippen molar-refractivity contribution >= 4 is 29.2 Å². The molecule has 0 saturated carbocycles. The number of benzene rings is 3. The Morgan fingerprint density at radius 2 is 1.64 bits per heavy atom. The Bertz CT molecular complexity index is 1750. The van der Waals surface area contributed by atoms with E-state index in [1.54, 1.807) is 29.4 Å². The van der Waals surface area contributed by atoms with Crippen molar-refractivity contribution in [2.75, 3.05) is 6.54 Å². The van der Waals surface area contributed by atoms with Gasteiger partial charge in [0.2, 0.25) is 11.8 Å². The number of carbonyl (C=O) groups excluding carboxylic acids is 2. The van der Waals surface area contributed by atoms with Crippen molar-refractivity contribution < 1.29 is 9.59 Å². The maximum atomic E-state index is 14.4. The van der Waals surface area contributed by atoms with Crippen LogP contribution in [-0.2, 0) is 35.5 Å². The molecule has 0 fully saturated rings. The van der Waals surface area contributed by atoms with Crippen molar-refractivity contribution in [3.8, 4) is 11.4 Å². The first-order valence-electron chi connectivity index (χ1n) is 14.7. The fourth-order valence-electron chi connectivity index (χ4n) is 5.52. The third kappa shape index (κ3) is 6.98. The zero-order valence-corrected chi connectivity index (χ0v) is 25.4. The van der Waals surface area contributed by atoms with Gasteiger partial charge in [0.1, 0.15) is 6.04 Å². The molecule has 1 aliphatic heterocycles. The number of aromatic nitrogens is 3. The summed E-state index contributed by atoms with van der Waals surface area (Å²) < 4.78 is 0. The molecule has 0 N–H and O–H groups in total. The average Bonchev–Trinajstić information content (AvgIpc) is 3.50. The quantitative estimate of drug-likeness (QED) is 0.190. The molecule has 220 valence electrons. The second-order valence-electron chi connectivity index (χ2n) is 10.8. The summed E-state index contributed by atoms with van der Waals surface area (Å²) in [7, 11) is 0. The molecule has 1 aliphatic rings. The van der Waals surface area contributed by atoms with E-state index in [9.17, 15) is 9.59 Å². The summed E-state index contributed by atoms with van der Waals surface area (Å²) in [5.41, 5.74) is 5.94. The van der Waals surface area contributed by atoms with Crippen molar-refractivity contribution in [3.05, 3.63) is 142 Å². The zero-order chi connectivity index (χ0) is 30.3. The number of thiazole rings is 1. The van der Waals surface area contributed by atoms with Crippen molar-refractivity contribution in [1.82, 2.24) is 24.8 Å². The number of carbonyl (C=O) groups is 2. The molecule has 44 heavy (non-hydrogen) atoms. The maximum absolute atomic E-state index is 14.4. The van der Waals surface area contributed by atoms with E-state index in [0.717, 1.165) is 39.4 Å². The minimum atomic E-state index is -0.700. The van der Waals surface area contributed by atoms with E-state index in [1.807, 2.05) is 83.9 Å². The highest BCUT2D eigenvalue weighted by Crippen LogP contribution is 2.24. The summed E-state index contributed by atoms with van der Waals surface area (Å²) in [6.45, 7) is 3.35. The van der Waals surface area contributed by atoms with E-state index in [4.69, 9.17) is 0 Å². The van der Waals surface area contributed by atoms with Gasteiger partial charge < -0.3 is 9.80 Å².